The molecule has 126 valence electrons. The van der Waals surface area contributed by atoms with E-state index in [1.807, 2.05) is 35.2 Å². The van der Waals surface area contributed by atoms with Crippen molar-refractivity contribution in [2.45, 2.75) is 32.6 Å². The first-order valence-electron chi connectivity index (χ1n) is 8.75. The maximum Gasteiger partial charge on any atom is 0.272 e. The average Bonchev–Trinajstić information content (AvgIpc) is 3.16. The zero-order chi connectivity index (χ0) is 16.8. The number of benzene rings is 1. The smallest absolute Gasteiger partial charge is 0.272 e. The minimum atomic E-state index is 0.00521. The second kappa shape index (κ2) is 7.90. The maximum absolute atomic E-state index is 12.7. The van der Waals surface area contributed by atoms with Crippen molar-refractivity contribution in [3.05, 3.63) is 42.1 Å². The van der Waals surface area contributed by atoms with E-state index in [9.17, 15) is 4.79 Å². The maximum atomic E-state index is 12.7. The summed E-state index contributed by atoms with van der Waals surface area (Å²) in [5.41, 5.74) is 1.40. The number of carbonyl (C=O) groups is 1. The molecule has 0 spiro atoms. The first-order chi connectivity index (χ1) is 11.8. The van der Waals surface area contributed by atoms with Crippen LogP contribution in [0, 0.1) is 0 Å². The zero-order valence-electron chi connectivity index (χ0n) is 14.2. The number of hydrogen-bond acceptors (Lipinski definition) is 4. The molecule has 1 N–H and O–H groups in total. The van der Waals surface area contributed by atoms with Gasteiger partial charge in [-0.2, -0.15) is 0 Å². The highest BCUT2D eigenvalue weighted by Gasteiger charge is 2.22. The van der Waals surface area contributed by atoms with Crippen LogP contribution in [0.15, 0.2) is 36.4 Å². The van der Waals surface area contributed by atoms with Crippen LogP contribution in [-0.4, -0.2) is 40.4 Å². The number of aromatic nitrogens is 2. The van der Waals surface area contributed by atoms with Gasteiger partial charge in [0.15, 0.2) is 5.82 Å². The molecule has 24 heavy (non-hydrogen) atoms. The van der Waals surface area contributed by atoms with Crippen molar-refractivity contribution < 1.29 is 4.79 Å². The molecule has 1 aromatic carbocycles. The lowest BCUT2D eigenvalue weighted by Crippen LogP contribution is -2.28. The number of carbonyl (C=O) groups excluding carboxylic acids is 1. The Hall–Kier alpha value is -2.43. The van der Waals surface area contributed by atoms with Gasteiger partial charge in [0.1, 0.15) is 11.5 Å². The van der Waals surface area contributed by atoms with Gasteiger partial charge in [-0.15, -0.1) is 0 Å². The lowest BCUT2D eigenvalue weighted by molar-refractivity contribution is 0.0787. The molecule has 1 amide bonds. The monoisotopic (exact) mass is 324 g/mol. The van der Waals surface area contributed by atoms with E-state index in [-0.39, 0.29) is 5.91 Å². The van der Waals surface area contributed by atoms with Crippen molar-refractivity contribution in [2.24, 2.45) is 0 Å². The summed E-state index contributed by atoms with van der Waals surface area (Å²) in [5, 5.41) is 3.32. The average molecular weight is 324 g/mol. The SMILES string of the molecule is CCCCNc1cc(C(=O)N2CCCC2)nc(-c2ccccc2)n1. The second-order valence-corrected chi connectivity index (χ2v) is 6.11. The molecule has 1 aromatic heterocycles. The van der Waals surface area contributed by atoms with Gasteiger partial charge in [-0.05, 0) is 19.3 Å². The largest absolute Gasteiger partial charge is 0.370 e. The van der Waals surface area contributed by atoms with E-state index >= 15 is 0 Å². The van der Waals surface area contributed by atoms with Crippen molar-refractivity contribution in [1.29, 1.82) is 0 Å². The van der Waals surface area contributed by atoms with Crippen LogP contribution in [0.3, 0.4) is 0 Å². The minimum Gasteiger partial charge on any atom is -0.370 e. The van der Waals surface area contributed by atoms with Gasteiger partial charge < -0.3 is 10.2 Å². The molecule has 5 nitrogen and oxygen atoms in total. The molecular weight excluding hydrogens is 300 g/mol. The second-order valence-electron chi connectivity index (χ2n) is 6.11. The van der Waals surface area contributed by atoms with Crippen LogP contribution >= 0.6 is 0 Å². The number of hydrogen-bond donors (Lipinski definition) is 1. The first kappa shape index (κ1) is 16.4. The van der Waals surface area contributed by atoms with Crippen LogP contribution in [0.1, 0.15) is 43.1 Å². The molecular formula is C19H24N4O. The van der Waals surface area contributed by atoms with Gasteiger partial charge >= 0.3 is 0 Å². The number of anilines is 1. The quantitative estimate of drug-likeness (QED) is 0.825. The molecule has 0 radical (unpaired) electrons. The highest BCUT2D eigenvalue weighted by Crippen LogP contribution is 2.20. The van der Waals surface area contributed by atoms with Gasteiger partial charge in [-0.1, -0.05) is 43.7 Å². The number of unbranched alkanes of at least 4 members (excludes halogenated alkanes) is 1. The molecule has 5 heteroatoms. The van der Waals surface area contributed by atoms with E-state index in [2.05, 4.69) is 22.2 Å². The summed E-state index contributed by atoms with van der Waals surface area (Å²) in [6, 6.07) is 11.6. The molecule has 0 atom stereocenters. The standard InChI is InChI=1S/C19H24N4O/c1-2-3-11-20-17-14-16(19(24)23-12-7-8-13-23)21-18(22-17)15-9-5-4-6-10-15/h4-6,9-10,14H,2-3,7-8,11-13H2,1H3,(H,20,21,22). The molecule has 0 aliphatic carbocycles. The molecule has 0 unspecified atom stereocenters. The molecule has 1 aliphatic heterocycles. The van der Waals surface area contributed by atoms with Gasteiger partial charge in [0.25, 0.3) is 5.91 Å². The highest BCUT2D eigenvalue weighted by atomic mass is 16.2. The number of likely N-dealkylation sites (tertiary alicyclic amines) is 1. The number of nitrogens with zero attached hydrogens (tertiary/aromatic N) is 3. The summed E-state index contributed by atoms with van der Waals surface area (Å²) in [6.07, 6.45) is 4.33. The zero-order valence-corrected chi connectivity index (χ0v) is 14.2. The molecule has 2 heterocycles. The van der Waals surface area contributed by atoms with Crippen LogP contribution in [0.25, 0.3) is 11.4 Å². The molecule has 1 aliphatic rings. The van der Waals surface area contributed by atoms with Gasteiger partial charge in [-0.3, -0.25) is 4.79 Å². The number of amides is 1. The Bertz CT molecular complexity index is 681. The predicted molar refractivity (Wildman–Crippen MR) is 96.0 cm³/mol. The fourth-order valence-corrected chi connectivity index (χ4v) is 2.84. The summed E-state index contributed by atoms with van der Waals surface area (Å²) >= 11 is 0. The molecule has 1 fully saturated rings. The number of rotatable bonds is 6. The van der Waals surface area contributed by atoms with Crippen LogP contribution in [0.4, 0.5) is 5.82 Å². The summed E-state index contributed by atoms with van der Waals surface area (Å²) in [4.78, 5) is 23.7. The normalized spacial score (nSPS) is 14.0. The van der Waals surface area contributed by atoms with Crippen molar-refractivity contribution >= 4 is 11.7 Å². The van der Waals surface area contributed by atoms with Crippen LogP contribution in [0.2, 0.25) is 0 Å². The van der Waals surface area contributed by atoms with E-state index in [4.69, 9.17) is 0 Å². The topological polar surface area (TPSA) is 58.1 Å². The lowest BCUT2D eigenvalue weighted by atomic mass is 10.2. The van der Waals surface area contributed by atoms with E-state index < -0.39 is 0 Å². The first-order valence-corrected chi connectivity index (χ1v) is 8.75. The minimum absolute atomic E-state index is 0.00521. The van der Waals surface area contributed by atoms with Crippen LogP contribution < -0.4 is 5.32 Å². The number of nitrogens with one attached hydrogen (secondary N) is 1. The highest BCUT2D eigenvalue weighted by molar-refractivity contribution is 5.93. The Morgan fingerprint density at radius 2 is 1.92 bits per heavy atom. The summed E-state index contributed by atoms with van der Waals surface area (Å²) in [5.74, 6) is 1.32. The third kappa shape index (κ3) is 3.91. The molecule has 1 saturated heterocycles. The molecule has 0 saturated carbocycles. The van der Waals surface area contributed by atoms with Gasteiger partial charge in [0, 0.05) is 31.3 Å². The van der Waals surface area contributed by atoms with E-state index in [0.29, 0.717) is 11.5 Å². The summed E-state index contributed by atoms with van der Waals surface area (Å²) < 4.78 is 0. The Morgan fingerprint density at radius 1 is 1.17 bits per heavy atom. The molecule has 0 bridgehead atoms. The van der Waals surface area contributed by atoms with E-state index in [1.54, 1.807) is 6.07 Å². The molecule has 2 aromatic rings. The Balaban J connectivity index is 1.91. The Morgan fingerprint density at radius 3 is 2.62 bits per heavy atom. The van der Waals surface area contributed by atoms with Crippen LogP contribution in [-0.2, 0) is 0 Å². The van der Waals surface area contributed by atoms with Crippen LogP contribution in [0.5, 0.6) is 0 Å². The van der Waals surface area contributed by atoms with Crippen molar-refractivity contribution in [3.8, 4) is 11.4 Å². The lowest BCUT2D eigenvalue weighted by Gasteiger charge is -2.16. The van der Waals surface area contributed by atoms with Crippen molar-refractivity contribution in [3.63, 3.8) is 0 Å². The van der Waals surface area contributed by atoms with Gasteiger partial charge in [0.2, 0.25) is 0 Å². The van der Waals surface area contributed by atoms with Crippen molar-refractivity contribution in [1.82, 2.24) is 14.9 Å². The van der Waals surface area contributed by atoms with Crippen molar-refractivity contribution in [2.75, 3.05) is 25.0 Å². The predicted octanol–water partition coefficient (Wildman–Crippen LogP) is 3.59. The Labute approximate surface area is 143 Å². The Kier molecular flexibility index (Phi) is 5.41. The van der Waals surface area contributed by atoms with E-state index in [0.717, 1.165) is 56.7 Å². The fraction of sp³-hybridized carbons (Fsp3) is 0.421. The van der Waals surface area contributed by atoms with E-state index in [1.165, 1.54) is 0 Å². The van der Waals surface area contributed by atoms with Gasteiger partial charge in [0.05, 0.1) is 0 Å². The van der Waals surface area contributed by atoms with Gasteiger partial charge in [-0.25, -0.2) is 9.97 Å². The third-order valence-electron chi connectivity index (χ3n) is 4.21. The summed E-state index contributed by atoms with van der Waals surface area (Å²) in [7, 11) is 0. The summed E-state index contributed by atoms with van der Waals surface area (Å²) in [6.45, 7) is 4.64. The third-order valence-corrected chi connectivity index (χ3v) is 4.21. The molecule has 3 rings (SSSR count). The fourth-order valence-electron chi connectivity index (χ4n) is 2.84.